The second-order valence-electron chi connectivity index (χ2n) is 3.47. The minimum Gasteiger partial charge on any atom is -0.465 e. The zero-order valence-electron chi connectivity index (χ0n) is 8.43. The van der Waals surface area contributed by atoms with E-state index in [9.17, 15) is 18.0 Å². The summed E-state index contributed by atoms with van der Waals surface area (Å²) in [5, 5.41) is 2.57. The molecule has 6 heteroatoms. The van der Waals surface area contributed by atoms with E-state index in [2.05, 4.69) is 10.1 Å². The van der Waals surface area contributed by atoms with Crippen LogP contribution in [0.4, 0.5) is 13.2 Å². The van der Waals surface area contributed by atoms with Gasteiger partial charge in [0.15, 0.2) is 0 Å². The van der Waals surface area contributed by atoms with E-state index in [1.54, 1.807) is 6.92 Å². The van der Waals surface area contributed by atoms with Crippen molar-refractivity contribution in [2.45, 2.75) is 32.0 Å². The van der Waals surface area contributed by atoms with E-state index in [0.29, 0.717) is 13.0 Å². The van der Waals surface area contributed by atoms with Crippen molar-refractivity contribution in [1.82, 2.24) is 5.32 Å². The van der Waals surface area contributed by atoms with Crippen LogP contribution in [0.3, 0.4) is 0 Å². The van der Waals surface area contributed by atoms with E-state index in [1.807, 2.05) is 0 Å². The number of carbonyl (C=O) groups excluding carboxylic acids is 1. The molecule has 0 aromatic carbocycles. The quantitative estimate of drug-likeness (QED) is 0.723. The zero-order valence-corrected chi connectivity index (χ0v) is 8.43. The normalized spacial score (nSPS) is 27.5. The molecular weight excluding hydrogens is 211 g/mol. The average molecular weight is 225 g/mol. The average Bonchev–Trinajstić information content (AvgIpc) is 2.17. The summed E-state index contributed by atoms with van der Waals surface area (Å²) >= 11 is 0. The molecule has 15 heavy (non-hydrogen) atoms. The van der Waals surface area contributed by atoms with E-state index < -0.39 is 24.1 Å². The van der Waals surface area contributed by atoms with Gasteiger partial charge in [-0.1, -0.05) is 0 Å². The number of piperidine rings is 1. The molecule has 1 rings (SSSR count). The molecule has 88 valence electrons. The van der Waals surface area contributed by atoms with Gasteiger partial charge in [0, 0.05) is 0 Å². The molecule has 0 aromatic rings. The van der Waals surface area contributed by atoms with Gasteiger partial charge in [-0.05, 0) is 26.3 Å². The summed E-state index contributed by atoms with van der Waals surface area (Å²) in [5.41, 5.74) is 0. The van der Waals surface area contributed by atoms with Crippen molar-refractivity contribution in [3.63, 3.8) is 0 Å². The molecule has 0 radical (unpaired) electrons. The molecule has 0 unspecified atom stereocenters. The maximum atomic E-state index is 12.5. The second-order valence-corrected chi connectivity index (χ2v) is 3.47. The number of alkyl halides is 3. The summed E-state index contributed by atoms with van der Waals surface area (Å²) in [6, 6.07) is -1.24. The molecule has 1 N–H and O–H groups in total. The van der Waals surface area contributed by atoms with Crippen LogP contribution in [0.1, 0.15) is 19.8 Å². The lowest BCUT2D eigenvalue weighted by atomic mass is 9.90. The topological polar surface area (TPSA) is 38.3 Å². The first-order valence-electron chi connectivity index (χ1n) is 4.93. The largest absolute Gasteiger partial charge is 0.465 e. The van der Waals surface area contributed by atoms with Crippen molar-refractivity contribution in [3.8, 4) is 0 Å². The van der Waals surface area contributed by atoms with Crippen LogP contribution in [-0.4, -0.2) is 31.3 Å². The zero-order chi connectivity index (χ0) is 11.5. The number of hydrogen-bond donors (Lipinski definition) is 1. The number of carbonyl (C=O) groups is 1. The monoisotopic (exact) mass is 225 g/mol. The Morgan fingerprint density at radius 3 is 2.73 bits per heavy atom. The third-order valence-corrected chi connectivity index (χ3v) is 2.42. The van der Waals surface area contributed by atoms with Gasteiger partial charge in [0.05, 0.1) is 12.5 Å². The lowest BCUT2D eigenvalue weighted by Crippen LogP contribution is -2.52. The fourth-order valence-corrected chi connectivity index (χ4v) is 1.72. The molecule has 2 atom stereocenters. The van der Waals surface area contributed by atoms with Crippen LogP contribution in [0.25, 0.3) is 0 Å². The van der Waals surface area contributed by atoms with Gasteiger partial charge in [-0.15, -0.1) is 0 Å². The molecule has 0 bridgehead atoms. The van der Waals surface area contributed by atoms with Crippen LogP contribution in [0.15, 0.2) is 0 Å². The first-order chi connectivity index (χ1) is 6.96. The Hall–Kier alpha value is -0.780. The summed E-state index contributed by atoms with van der Waals surface area (Å²) in [6.45, 7) is 2.10. The van der Waals surface area contributed by atoms with Crippen LogP contribution in [-0.2, 0) is 9.53 Å². The molecule has 0 aromatic heterocycles. The van der Waals surface area contributed by atoms with Gasteiger partial charge in [0.25, 0.3) is 0 Å². The van der Waals surface area contributed by atoms with Crippen LogP contribution >= 0.6 is 0 Å². The molecule has 1 aliphatic rings. The Labute approximate surface area is 86.0 Å². The predicted octanol–water partition coefficient (Wildman–Crippen LogP) is 1.48. The van der Waals surface area contributed by atoms with Crippen molar-refractivity contribution in [3.05, 3.63) is 0 Å². The van der Waals surface area contributed by atoms with Gasteiger partial charge in [-0.3, -0.25) is 4.79 Å². The summed E-state index contributed by atoms with van der Waals surface area (Å²) in [5.74, 6) is -2.43. The summed E-state index contributed by atoms with van der Waals surface area (Å²) in [7, 11) is 0. The lowest BCUT2D eigenvalue weighted by Gasteiger charge is -2.32. The summed E-state index contributed by atoms with van der Waals surface area (Å²) in [4.78, 5) is 11.3. The minimum absolute atomic E-state index is 0.0139. The molecular formula is C9H14F3NO2. The first-order valence-corrected chi connectivity index (χ1v) is 4.93. The van der Waals surface area contributed by atoms with Gasteiger partial charge in [-0.25, -0.2) is 0 Å². The second kappa shape index (κ2) is 4.83. The Bertz CT molecular complexity index is 230. The number of esters is 1. The lowest BCUT2D eigenvalue weighted by molar-refractivity contribution is -0.196. The molecule has 1 heterocycles. The minimum atomic E-state index is -4.34. The highest BCUT2D eigenvalue weighted by Crippen LogP contribution is 2.34. The number of ether oxygens (including phenoxy) is 1. The van der Waals surface area contributed by atoms with E-state index in [0.717, 1.165) is 0 Å². The summed E-state index contributed by atoms with van der Waals surface area (Å²) < 4.78 is 42.2. The third-order valence-electron chi connectivity index (χ3n) is 2.42. The van der Waals surface area contributed by atoms with E-state index >= 15 is 0 Å². The van der Waals surface area contributed by atoms with E-state index in [1.165, 1.54) is 0 Å². The van der Waals surface area contributed by atoms with Gasteiger partial charge in [-0.2, -0.15) is 13.2 Å². The molecule has 1 aliphatic heterocycles. The Morgan fingerprint density at radius 1 is 1.53 bits per heavy atom. The van der Waals surface area contributed by atoms with Gasteiger partial charge < -0.3 is 10.1 Å². The number of nitrogens with one attached hydrogen (secondary N) is 1. The highest BCUT2D eigenvalue weighted by molar-refractivity contribution is 5.76. The fourth-order valence-electron chi connectivity index (χ4n) is 1.72. The molecule has 0 aliphatic carbocycles. The number of halogens is 3. The third kappa shape index (κ3) is 3.09. The standard InChI is InChI=1S/C9H14F3NO2/c1-2-15-8(14)7-6(9(10,11)12)4-3-5-13-7/h6-7,13H,2-5H2,1H3/t6-,7+/m0/s1. The Kier molecular flexibility index (Phi) is 3.96. The molecule has 3 nitrogen and oxygen atoms in total. The smallest absolute Gasteiger partial charge is 0.393 e. The van der Waals surface area contributed by atoms with Crippen molar-refractivity contribution in [1.29, 1.82) is 0 Å². The van der Waals surface area contributed by atoms with Gasteiger partial charge in [0.2, 0.25) is 0 Å². The maximum absolute atomic E-state index is 12.5. The Balaban J connectivity index is 2.70. The van der Waals surface area contributed by atoms with E-state index in [4.69, 9.17) is 0 Å². The highest BCUT2D eigenvalue weighted by Gasteiger charge is 2.48. The van der Waals surface area contributed by atoms with Crippen LogP contribution in [0.2, 0.25) is 0 Å². The van der Waals surface area contributed by atoms with Crippen molar-refractivity contribution in [2.75, 3.05) is 13.2 Å². The predicted molar refractivity (Wildman–Crippen MR) is 47.2 cm³/mol. The van der Waals surface area contributed by atoms with Crippen molar-refractivity contribution < 1.29 is 22.7 Å². The van der Waals surface area contributed by atoms with Crippen molar-refractivity contribution >= 4 is 5.97 Å². The van der Waals surface area contributed by atoms with E-state index in [-0.39, 0.29) is 13.0 Å². The number of rotatable bonds is 2. The molecule has 0 saturated carbocycles. The summed E-state index contributed by atoms with van der Waals surface area (Å²) in [6.07, 6.45) is -3.93. The molecule has 1 fully saturated rings. The maximum Gasteiger partial charge on any atom is 0.393 e. The SMILES string of the molecule is CCOC(=O)[C@@H]1NCCC[C@@H]1C(F)(F)F. The van der Waals surface area contributed by atoms with Crippen LogP contribution in [0.5, 0.6) is 0 Å². The highest BCUT2D eigenvalue weighted by atomic mass is 19.4. The van der Waals surface area contributed by atoms with Crippen LogP contribution < -0.4 is 5.32 Å². The molecule has 0 spiro atoms. The van der Waals surface area contributed by atoms with Gasteiger partial charge >= 0.3 is 12.1 Å². The Morgan fingerprint density at radius 2 is 2.20 bits per heavy atom. The molecule has 0 amide bonds. The molecule has 1 saturated heterocycles. The fraction of sp³-hybridized carbons (Fsp3) is 0.889. The van der Waals surface area contributed by atoms with Crippen molar-refractivity contribution in [2.24, 2.45) is 5.92 Å². The van der Waals surface area contributed by atoms with Crippen LogP contribution in [0, 0.1) is 5.92 Å². The number of hydrogen-bond acceptors (Lipinski definition) is 3. The van der Waals surface area contributed by atoms with Gasteiger partial charge in [0.1, 0.15) is 6.04 Å². The first kappa shape index (κ1) is 12.3.